The molecule has 2 nitrogen and oxygen atoms in total. The van der Waals surface area contributed by atoms with Crippen LogP contribution < -0.4 is 0 Å². The molecule has 0 saturated carbocycles. The maximum atomic E-state index is 4.65. The lowest BCUT2D eigenvalue weighted by Crippen LogP contribution is -1.71. The zero-order valence-corrected chi connectivity index (χ0v) is 7.71. The fourth-order valence-electron chi connectivity index (χ4n) is 1.23. The summed E-state index contributed by atoms with van der Waals surface area (Å²) >= 11 is 4.65. The highest BCUT2D eigenvalue weighted by Crippen LogP contribution is 2.19. The summed E-state index contributed by atoms with van der Waals surface area (Å²) in [6, 6.07) is 8.01. The van der Waals surface area contributed by atoms with Crippen LogP contribution in [0.4, 0.5) is 5.69 Å². The highest BCUT2D eigenvalue weighted by molar-refractivity contribution is 7.80. The van der Waals surface area contributed by atoms with Gasteiger partial charge < -0.3 is 4.98 Å². The molecule has 0 aliphatic carbocycles. The molecule has 0 atom stereocenters. The Balaban J connectivity index is 2.47. The Hall–Kier alpha value is -1.48. The Morgan fingerprint density at radius 1 is 1.31 bits per heavy atom. The van der Waals surface area contributed by atoms with E-state index in [9.17, 15) is 0 Å². The first-order chi connectivity index (χ1) is 6.40. The second kappa shape index (κ2) is 3.49. The van der Waals surface area contributed by atoms with Gasteiger partial charge in [0.15, 0.2) is 0 Å². The molecule has 0 spiro atoms. The van der Waals surface area contributed by atoms with Gasteiger partial charge in [0.2, 0.25) is 0 Å². The summed E-state index contributed by atoms with van der Waals surface area (Å²) in [4.78, 5) is 7.28. The number of hydrogen-bond donors (Lipinski definition) is 1. The number of fused-ring (bicyclic) bond motifs is 1. The van der Waals surface area contributed by atoms with E-state index < -0.39 is 0 Å². The molecule has 0 bridgehead atoms. The lowest BCUT2D eigenvalue weighted by atomic mass is 10.2. The van der Waals surface area contributed by atoms with Crippen molar-refractivity contribution in [3.05, 3.63) is 30.5 Å². The first kappa shape index (κ1) is 8.13. The molecule has 0 aliphatic heterocycles. The zero-order chi connectivity index (χ0) is 9.10. The summed E-state index contributed by atoms with van der Waals surface area (Å²) in [5.74, 6) is 0. The largest absolute Gasteiger partial charge is 0.361 e. The number of aromatic amines is 1. The number of aliphatic imine (C=N–C) groups is 1. The van der Waals surface area contributed by atoms with Crippen molar-refractivity contribution in [2.24, 2.45) is 4.99 Å². The highest BCUT2D eigenvalue weighted by atomic mass is 32.1. The van der Waals surface area contributed by atoms with Gasteiger partial charge in [0.1, 0.15) is 0 Å². The van der Waals surface area contributed by atoms with Crippen molar-refractivity contribution in [2.75, 3.05) is 0 Å². The number of thiocarbonyl (C=S) groups is 1. The third kappa shape index (κ3) is 1.65. The van der Waals surface area contributed by atoms with Gasteiger partial charge in [-0.15, -0.1) is 0 Å². The summed E-state index contributed by atoms with van der Waals surface area (Å²) in [6.45, 7) is 0. The van der Waals surface area contributed by atoms with Gasteiger partial charge in [-0.25, -0.2) is 0 Å². The molecule has 64 valence electrons. The molecule has 0 fully saturated rings. The highest BCUT2D eigenvalue weighted by Gasteiger charge is 1.93. The summed E-state index contributed by atoms with van der Waals surface area (Å²) in [7, 11) is 0. The SMILES string of the molecule is S=CC=Nc1ccc2cc[nH]c2c1. The minimum absolute atomic E-state index is 0.913. The van der Waals surface area contributed by atoms with Crippen molar-refractivity contribution in [1.29, 1.82) is 0 Å². The smallest absolute Gasteiger partial charge is 0.0651 e. The van der Waals surface area contributed by atoms with Crippen LogP contribution in [0.25, 0.3) is 10.9 Å². The van der Waals surface area contributed by atoms with E-state index in [1.165, 1.54) is 10.8 Å². The van der Waals surface area contributed by atoms with Gasteiger partial charge in [-0.1, -0.05) is 18.3 Å². The van der Waals surface area contributed by atoms with Gasteiger partial charge in [0.05, 0.1) is 5.69 Å². The molecule has 1 heterocycles. The minimum atomic E-state index is 0.913. The monoisotopic (exact) mass is 188 g/mol. The molecular formula is C10H8N2S. The van der Waals surface area contributed by atoms with Crippen molar-refractivity contribution in [3.8, 4) is 0 Å². The van der Waals surface area contributed by atoms with Crippen LogP contribution in [0, 0.1) is 0 Å². The summed E-state index contributed by atoms with van der Waals surface area (Å²) in [5, 5.41) is 2.69. The zero-order valence-electron chi connectivity index (χ0n) is 6.90. The number of benzene rings is 1. The van der Waals surface area contributed by atoms with Gasteiger partial charge in [-0.2, -0.15) is 0 Å². The average Bonchev–Trinajstić information content (AvgIpc) is 2.61. The second-order valence-electron chi connectivity index (χ2n) is 2.66. The molecule has 2 rings (SSSR count). The van der Waals surface area contributed by atoms with Crippen molar-refractivity contribution >= 4 is 40.4 Å². The predicted octanol–water partition coefficient (Wildman–Crippen LogP) is 2.87. The van der Waals surface area contributed by atoms with Crippen LogP contribution in [-0.2, 0) is 0 Å². The fraction of sp³-hybridized carbons (Fsp3) is 0. The summed E-state index contributed by atoms with van der Waals surface area (Å²) in [5.41, 5.74) is 2.01. The van der Waals surface area contributed by atoms with Gasteiger partial charge in [0.25, 0.3) is 0 Å². The van der Waals surface area contributed by atoms with Crippen LogP contribution in [-0.4, -0.2) is 16.6 Å². The van der Waals surface area contributed by atoms with Gasteiger partial charge in [-0.3, -0.25) is 4.99 Å². The van der Waals surface area contributed by atoms with E-state index in [0.717, 1.165) is 11.2 Å². The molecule has 1 aromatic heterocycles. The molecule has 1 aromatic carbocycles. The quantitative estimate of drug-likeness (QED) is 0.569. The van der Waals surface area contributed by atoms with Crippen LogP contribution in [0.5, 0.6) is 0 Å². The van der Waals surface area contributed by atoms with E-state index in [4.69, 9.17) is 0 Å². The second-order valence-corrected chi connectivity index (χ2v) is 2.94. The molecule has 0 saturated heterocycles. The molecular weight excluding hydrogens is 180 g/mol. The maximum absolute atomic E-state index is 4.65. The average molecular weight is 188 g/mol. The van der Waals surface area contributed by atoms with Crippen molar-refractivity contribution in [2.45, 2.75) is 0 Å². The summed E-state index contributed by atoms with van der Waals surface area (Å²) < 4.78 is 0. The third-order valence-electron chi connectivity index (χ3n) is 1.82. The molecule has 0 amide bonds. The maximum Gasteiger partial charge on any atom is 0.0651 e. The lowest BCUT2D eigenvalue weighted by molar-refractivity contribution is 1.47. The number of aromatic nitrogens is 1. The Kier molecular flexibility index (Phi) is 2.19. The van der Waals surface area contributed by atoms with Crippen LogP contribution >= 0.6 is 12.2 Å². The predicted molar refractivity (Wildman–Crippen MR) is 60.1 cm³/mol. The molecule has 0 radical (unpaired) electrons. The van der Waals surface area contributed by atoms with E-state index in [-0.39, 0.29) is 0 Å². The van der Waals surface area contributed by atoms with Gasteiger partial charge in [0, 0.05) is 23.3 Å². The molecule has 3 heteroatoms. The van der Waals surface area contributed by atoms with Gasteiger partial charge >= 0.3 is 0 Å². The van der Waals surface area contributed by atoms with Crippen LogP contribution in [0.15, 0.2) is 35.5 Å². The summed E-state index contributed by atoms with van der Waals surface area (Å²) in [6.07, 6.45) is 3.52. The molecule has 1 N–H and O–H groups in total. The number of rotatable bonds is 2. The minimum Gasteiger partial charge on any atom is -0.361 e. The van der Waals surface area contributed by atoms with E-state index >= 15 is 0 Å². The van der Waals surface area contributed by atoms with Crippen molar-refractivity contribution in [1.82, 2.24) is 4.98 Å². The Morgan fingerprint density at radius 2 is 2.23 bits per heavy atom. The number of nitrogens with one attached hydrogen (secondary N) is 1. The van der Waals surface area contributed by atoms with Crippen LogP contribution in [0.2, 0.25) is 0 Å². The number of hydrogen-bond acceptors (Lipinski definition) is 2. The molecule has 2 aromatic rings. The Bertz CT molecular complexity index is 457. The van der Waals surface area contributed by atoms with E-state index in [1.54, 1.807) is 6.21 Å². The van der Waals surface area contributed by atoms with Gasteiger partial charge in [-0.05, 0) is 23.6 Å². The number of nitrogens with zero attached hydrogens (tertiary/aromatic N) is 1. The lowest BCUT2D eigenvalue weighted by Gasteiger charge is -1.92. The van der Waals surface area contributed by atoms with E-state index in [1.807, 2.05) is 30.5 Å². The Labute approximate surface area is 81.3 Å². The normalized spacial score (nSPS) is 11.1. The first-order valence-electron chi connectivity index (χ1n) is 3.95. The molecule has 0 unspecified atom stereocenters. The van der Waals surface area contributed by atoms with Crippen molar-refractivity contribution < 1.29 is 0 Å². The Morgan fingerprint density at radius 3 is 3.08 bits per heavy atom. The molecule has 0 aliphatic rings. The topological polar surface area (TPSA) is 28.1 Å². The standard InChI is InChI=1S/C10H8N2S/c13-6-5-11-9-2-1-8-3-4-12-10(8)7-9/h1-7,12H. The van der Waals surface area contributed by atoms with E-state index in [0.29, 0.717) is 0 Å². The van der Waals surface area contributed by atoms with Crippen molar-refractivity contribution in [3.63, 3.8) is 0 Å². The van der Waals surface area contributed by atoms with Crippen LogP contribution in [0.3, 0.4) is 0 Å². The number of H-pyrrole nitrogens is 1. The first-order valence-corrected chi connectivity index (χ1v) is 4.42. The fourth-order valence-corrected chi connectivity index (χ4v) is 1.29. The van der Waals surface area contributed by atoms with E-state index in [2.05, 4.69) is 22.2 Å². The third-order valence-corrected chi connectivity index (χ3v) is 1.94. The molecule has 13 heavy (non-hydrogen) atoms. The van der Waals surface area contributed by atoms with Crippen LogP contribution in [0.1, 0.15) is 0 Å².